The molecule has 0 aliphatic heterocycles. The van der Waals surface area contributed by atoms with E-state index in [-0.39, 0.29) is 0 Å². The molecule has 0 amide bonds. The number of rotatable bonds is 4. The van der Waals surface area contributed by atoms with E-state index in [4.69, 9.17) is 0 Å². The fourth-order valence-electron chi connectivity index (χ4n) is 3.12. The van der Waals surface area contributed by atoms with Gasteiger partial charge in [-0.05, 0) is 59.1 Å². The van der Waals surface area contributed by atoms with Gasteiger partial charge in [0.05, 0.1) is 10.9 Å². The van der Waals surface area contributed by atoms with Gasteiger partial charge >= 0.3 is 0 Å². The molecule has 0 bridgehead atoms. The zero-order valence-corrected chi connectivity index (χ0v) is 15.0. The number of anilines is 2. The van der Waals surface area contributed by atoms with E-state index >= 15 is 0 Å². The quantitative estimate of drug-likeness (QED) is 0.444. The highest BCUT2D eigenvalue weighted by atomic mass is 32.1. The highest BCUT2D eigenvalue weighted by Crippen LogP contribution is 2.33. The van der Waals surface area contributed by atoms with Crippen LogP contribution in [0.15, 0.2) is 73.1 Å². The molecule has 3 heterocycles. The summed E-state index contributed by atoms with van der Waals surface area (Å²) < 4.78 is 7.47. The number of benzene rings is 2. The van der Waals surface area contributed by atoms with E-state index in [2.05, 4.69) is 32.9 Å². The van der Waals surface area contributed by atoms with Crippen LogP contribution < -0.4 is 5.32 Å². The lowest BCUT2D eigenvalue weighted by Crippen LogP contribution is -1.92. The van der Waals surface area contributed by atoms with Crippen LogP contribution in [0.4, 0.5) is 11.5 Å². The monoisotopic (exact) mass is 370 g/mol. The fourth-order valence-corrected chi connectivity index (χ4v) is 3.90. The smallest absolute Gasteiger partial charge is 0.168 e. The highest BCUT2D eigenvalue weighted by molar-refractivity contribution is 7.13. The van der Waals surface area contributed by atoms with Gasteiger partial charge in [0, 0.05) is 17.3 Å². The first kappa shape index (κ1) is 15.7. The number of carbonyl (C=O) groups is 1. The molecule has 0 radical (unpaired) electrons. The van der Waals surface area contributed by atoms with Gasteiger partial charge < -0.3 is 5.32 Å². The summed E-state index contributed by atoms with van der Waals surface area (Å²) in [5.74, 6) is 0.862. The Hall–Kier alpha value is -3.51. The molecule has 1 N–H and O–H groups in total. The van der Waals surface area contributed by atoms with E-state index in [1.54, 1.807) is 6.20 Å². The summed E-state index contributed by atoms with van der Waals surface area (Å²) in [6.07, 6.45) is 4.34. The molecule has 5 nitrogen and oxygen atoms in total. The van der Waals surface area contributed by atoms with Crippen molar-refractivity contribution in [3.63, 3.8) is 0 Å². The van der Waals surface area contributed by atoms with E-state index in [0.717, 1.165) is 44.7 Å². The number of pyridine rings is 1. The third-order valence-corrected chi connectivity index (χ3v) is 5.31. The molecule has 0 saturated heterocycles. The first-order valence-electron chi connectivity index (χ1n) is 8.46. The Labute approximate surface area is 159 Å². The number of hydrogen-bond acceptors (Lipinski definition) is 5. The number of aldehydes is 1. The second-order valence-corrected chi connectivity index (χ2v) is 6.99. The van der Waals surface area contributed by atoms with E-state index in [0.29, 0.717) is 5.69 Å². The van der Waals surface area contributed by atoms with Crippen LogP contribution in [0.1, 0.15) is 10.5 Å². The van der Waals surface area contributed by atoms with Crippen molar-refractivity contribution in [3.05, 3.63) is 78.8 Å². The van der Waals surface area contributed by atoms with Crippen LogP contribution in [-0.4, -0.2) is 20.0 Å². The molecule has 0 unspecified atom stereocenters. The van der Waals surface area contributed by atoms with Crippen LogP contribution in [0.5, 0.6) is 0 Å². The summed E-state index contributed by atoms with van der Waals surface area (Å²) in [5.41, 5.74) is 4.41. The van der Waals surface area contributed by atoms with Crippen LogP contribution in [0, 0.1) is 0 Å². The van der Waals surface area contributed by atoms with Crippen LogP contribution >= 0.6 is 11.5 Å². The molecule has 0 atom stereocenters. The molecule has 27 heavy (non-hydrogen) atoms. The largest absolute Gasteiger partial charge is 0.339 e. The van der Waals surface area contributed by atoms with Gasteiger partial charge in [-0.15, -0.1) is 0 Å². The topological polar surface area (TPSA) is 59.3 Å². The van der Waals surface area contributed by atoms with Gasteiger partial charge in [0.15, 0.2) is 12.1 Å². The summed E-state index contributed by atoms with van der Waals surface area (Å²) in [7, 11) is 0. The van der Waals surface area contributed by atoms with E-state index in [1.165, 1.54) is 11.5 Å². The summed E-state index contributed by atoms with van der Waals surface area (Å²) in [6, 6.07) is 20.2. The highest BCUT2D eigenvalue weighted by Gasteiger charge is 2.09. The van der Waals surface area contributed by atoms with E-state index in [9.17, 15) is 4.79 Å². The van der Waals surface area contributed by atoms with Gasteiger partial charge in [-0.25, -0.2) is 4.98 Å². The number of para-hydroxylation sites is 1. The van der Waals surface area contributed by atoms with Gasteiger partial charge in [0.1, 0.15) is 11.3 Å². The molecular formula is C21H14N4OS. The zero-order valence-electron chi connectivity index (χ0n) is 14.2. The molecule has 0 saturated carbocycles. The molecule has 5 aromatic rings. The number of hydrogen-bond donors (Lipinski definition) is 1. The molecule has 0 spiro atoms. The lowest BCUT2D eigenvalue weighted by molar-refractivity contribution is 0.111. The molecule has 0 aliphatic carbocycles. The van der Waals surface area contributed by atoms with E-state index < -0.39 is 0 Å². The minimum atomic E-state index is 0.542. The Balaban J connectivity index is 1.54. The summed E-state index contributed by atoms with van der Waals surface area (Å²) in [5, 5.41) is 4.46. The summed E-state index contributed by atoms with van der Waals surface area (Å²) in [4.78, 5) is 15.4. The van der Waals surface area contributed by atoms with Crippen molar-refractivity contribution in [1.29, 1.82) is 0 Å². The minimum Gasteiger partial charge on any atom is -0.339 e. The van der Waals surface area contributed by atoms with Crippen molar-refractivity contribution < 1.29 is 4.79 Å². The second kappa shape index (κ2) is 6.34. The third kappa shape index (κ3) is 2.76. The number of carbonyl (C=O) groups excluding carboxylic acids is 1. The van der Waals surface area contributed by atoms with Crippen molar-refractivity contribution in [1.82, 2.24) is 13.8 Å². The molecule has 6 heteroatoms. The molecule has 5 rings (SSSR count). The Kier molecular flexibility index (Phi) is 3.69. The van der Waals surface area contributed by atoms with Crippen molar-refractivity contribution in [2.45, 2.75) is 0 Å². The maximum atomic E-state index is 11.2. The SMILES string of the molecule is O=Cc1cnc2ccc(-c3ccc4c(Nc5ccccc5)nsc4c3)cn12. The maximum Gasteiger partial charge on any atom is 0.168 e. The average molecular weight is 370 g/mol. The van der Waals surface area contributed by atoms with E-state index in [1.807, 2.05) is 53.1 Å². The number of imidazole rings is 1. The van der Waals surface area contributed by atoms with Crippen molar-refractivity contribution in [3.8, 4) is 11.1 Å². The lowest BCUT2D eigenvalue weighted by Gasteiger charge is -2.05. The number of fused-ring (bicyclic) bond motifs is 2. The van der Waals surface area contributed by atoms with Gasteiger partial charge in [-0.2, -0.15) is 4.37 Å². The Bertz CT molecular complexity index is 1270. The standard InChI is InChI=1S/C21H14N4OS/c26-13-17-11-22-20-9-7-15(12-25(17)20)14-6-8-18-19(10-14)27-24-21(18)23-16-4-2-1-3-5-16/h1-13H,(H,23,24). The Morgan fingerprint density at radius 2 is 1.85 bits per heavy atom. The molecular weight excluding hydrogens is 356 g/mol. The number of nitrogens with one attached hydrogen (secondary N) is 1. The summed E-state index contributed by atoms with van der Waals surface area (Å²) in [6.45, 7) is 0. The maximum absolute atomic E-state index is 11.2. The normalized spacial score (nSPS) is 11.1. The second-order valence-electron chi connectivity index (χ2n) is 6.18. The molecule has 3 aromatic heterocycles. The minimum absolute atomic E-state index is 0.542. The fraction of sp³-hybridized carbons (Fsp3) is 0. The van der Waals surface area contributed by atoms with Crippen LogP contribution in [0.3, 0.4) is 0 Å². The van der Waals surface area contributed by atoms with Gasteiger partial charge in [0.2, 0.25) is 0 Å². The first-order chi connectivity index (χ1) is 13.3. The van der Waals surface area contributed by atoms with Crippen molar-refractivity contribution in [2.75, 3.05) is 5.32 Å². The molecule has 2 aromatic carbocycles. The predicted octanol–water partition coefficient (Wildman–Crippen LogP) is 5.17. The average Bonchev–Trinajstić information content (AvgIpc) is 3.31. The zero-order chi connectivity index (χ0) is 18.2. The van der Waals surface area contributed by atoms with Gasteiger partial charge in [-0.3, -0.25) is 9.20 Å². The van der Waals surface area contributed by atoms with Gasteiger partial charge in [-0.1, -0.05) is 24.3 Å². The van der Waals surface area contributed by atoms with Gasteiger partial charge in [0.25, 0.3) is 0 Å². The molecule has 130 valence electrons. The number of nitrogens with zero attached hydrogens (tertiary/aromatic N) is 3. The lowest BCUT2D eigenvalue weighted by atomic mass is 10.1. The predicted molar refractivity (Wildman–Crippen MR) is 109 cm³/mol. The van der Waals surface area contributed by atoms with Crippen LogP contribution in [0.25, 0.3) is 26.9 Å². The van der Waals surface area contributed by atoms with Crippen molar-refractivity contribution in [2.24, 2.45) is 0 Å². The van der Waals surface area contributed by atoms with Crippen LogP contribution in [0.2, 0.25) is 0 Å². The molecule has 0 aliphatic rings. The third-order valence-electron chi connectivity index (χ3n) is 4.50. The van der Waals surface area contributed by atoms with Crippen LogP contribution in [-0.2, 0) is 0 Å². The first-order valence-corrected chi connectivity index (χ1v) is 9.23. The Morgan fingerprint density at radius 3 is 2.70 bits per heavy atom. The number of aromatic nitrogens is 3. The molecule has 0 fully saturated rings. The Morgan fingerprint density at radius 1 is 1.00 bits per heavy atom. The van der Waals surface area contributed by atoms with Crippen molar-refractivity contribution >= 4 is 45.1 Å². The summed E-state index contributed by atoms with van der Waals surface area (Å²) >= 11 is 1.47.